The van der Waals surface area contributed by atoms with Gasteiger partial charge >= 0.3 is 0 Å². The Hall–Kier alpha value is -5.81. The molecule has 0 saturated heterocycles. The molecular formula is C44H35N5. The number of para-hydroxylation sites is 4. The highest BCUT2D eigenvalue weighted by molar-refractivity contribution is 5.94. The van der Waals surface area contributed by atoms with E-state index in [1.165, 1.54) is 56.4 Å². The van der Waals surface area contributed by atoms with E-state index in [-0.39, 0.29) is 12.3 Å². The molecule has 5 nitrogen and oxygen atoms in total. The van der Waals surface area contributed by atoms with Gasteiger partial charge < -0.3 is 19.6 Å². The van der Waals surface area contributed by atoms with Crippen molar-refractivity contribution in [3.63, 3.8) is 0 Å². The predicted molar refractivity (Wildman–Crippen MR) is 199 cm³/mol. The van der Waals surface area contributed by atoms with Crippen molar-refractivity contribution in [3.05, 3.63) is 175 Å². The molecule has 1 aliphatic carbocycles. The molecule has 4 bridgehead atoms. The molecule has 0 spiro atoms. The van der Waals surface area contributed by atoms with Crippen molar-refractivity contribution < 1.29 is 0 Å². The first-order valence-electron chi connectivity index (χ1n) is 17.3. The molecule has 49 heavy (non-hydrogen) atoms. The Morgan fingerprint density at radius 1 is 0.592 bits per heavy atom. The standard InChI is InChI=1S/C44H35N5/c1-3-43-27-31-21-24-36(34(43)26-31)49-40-39(18-11-25-45-40)47-33-22-19-30(20-23-33)28-44(43,42(47)49)41-46(32-13-5-4-6-14-32)37-16-9-10-17-38(37)48(41)35-15-8-7-12-29(35)2/h3-26,41-42H,1,27-28H2,2H3. The molecular weight excluding hydrogens is 599 g/mol. The Bertz CT molecular complexity index is 2330. The molecule has 6 aromatic rings. The van der Waals surface area contributed by atoms with Gasteiger partial charge in [0, 0.05) is 34.4 Å². The van der Waals surface area contributed by atoms with Crippen LogP contribution < -0.4 is 19.6 Å². The Kier molecular flexibility index (Phi) is 5.22. The maximum absolute atomic E-state index is 5.17. The van der Waals surface area contributed by atoms with Gasteiger partial charge in [0.15, 0.2) is 5.82 Å². The molecule has 0 amide bonds. The average molecular weight is 634 g/mol. The summed E-state index contributed by atoms with van der Waals surface area (Å²) >= 11 is 0. The summed E-state index contributed by atoms with van der Waals surface area (Å²) in [6.45, 7) is 7.04. The Balaban J connectivity index is 1.32. The van der Waals surface area contributed by atoms with Gasteiger partial charge in [0.05, 0.1) is 22.5 Å². The second-order valence-electron chi connectivity index (χ2n) is 14.3. The van der Waals surface area contributed by atoms with E-state index in [0.29, 0.717) is 0 Å². The Labute approximate surface area is 287 Å². The molecule has 0 saturated carbocycles. The van der Waals surface area contributed by atoms with Crippen molar-refractivity contribution >= 4 is 45.6 Å². The smallest absolute Gasteiger partial charge is 0.158 e. The number of benzene rings is 5. The number of nitrogens with zero attached hydrogens (tertiary/aromatic N) is 5. The van der Waals surface area contributed by atoms with E-state index >= 15 is 0 Å². The number of hydrogen-bond donors (Lipinski definition) is 0. The molecule has 0 fully saturated rings. The molecule has 12 rings (SSSR count). The summed E-state index contributed by atoms with van der Waals surface area (Å²) in [6, 6.07) is 49.8. The average Bonchev–Trinajstić information content (AvgIpc) is 3.78. The SMILES string of the molecule is C=CC12Cc3ccc(c1c3)N1c3ncccc3N3c4ccc(cc4)CC2(C2N(c4ccccc4)c4ccccc4N2c2ccccc2C)C31. The first-order valence-corrected chi connectivity index (χ1v) is 17.3. The van der Waals surface area contributed by atoms with E-state index < -0.39 is 10.8 Å². The van der Waals surface area contributed by atoms with Gasteiger partial charge in [-0.3, -0.25) is 0 Å². The lowest BCUT2D eigenvalue weighted by Crippen LogP contribution is -2.73. The van der Waals surface area contributed by atoms with Gasteiger partial charge in [0.1, 0.15) is 12.3 Å². The van der Waals surface area contributed by atoms with E-state index in [1.807, 2.05) is 6.20 Å². The summed E-state index contributed by atoms with van der Waals surface area (Å²) in [5.41, 5.74) is 12.9. The fourth-order valence-electron chi connectivity index (χ4n) is 10.3. The minimum atomic E-state index is -0.480. The van der Waals surface area contributed by atoms with E-state index in [1.54, 1.807) is 0 Å². The quantitative estimate of drug-likeness (QED) is 0.180. The highest BCUT2D eigenvalue weighted by Crippen LogP contribution is 2.71. The van der Waals surface area contributed by atoms with Crippen molar-refractivity contribution in [1.82, 2.24) is 4.98 Å². The van der Waals surface area contributed by atoms with Crippen LogP contribution in [-0.2, 0) is 18.3 Å². The van der Waals surface area contributed by atoms with E-state index in [9.17, 15) is 0 Å². The van der Waals surface area contributed by atoms with Gasteiger partial charge in [-0.2, -0.15) is 0 Å². The van der Waals surface area contributed by atoms with Crippen LogP contribution in [0.2, 0.25) is 0 Å². The molecule has 6 heterocycles. The molecule has 4 atom stereocenters. The van der Waals surface area contributed by atoms with Crippen LogP contribution in [0.5, 0.6) is 0 Å². The van der Waals surface area contributed by atoms with Gasteiger partial charge in [-0.05, 0) is 103 Å². The monoisotopic (exact) mass is 633 g/mol. The van der Waals surface area contributed by atoms with Gasteiger partial charge in [-0.25, -0.2) is 4.98 Å². The van der Waals surface area contributed by atoms with Crippen LogP contribution >= 0.6 is 0 Å². The van der Waals surface area contributed by atoms with Crippen LogP contribution in [0.25, 0.3) is 0 Å². The highest BCUT2D eigenvalue weighted by atomic mass is 15.5. The zero-order valence-electron chi connectivity index (χ0n) is 27.4. The molecule has 4 unspecified atom stereocenters. The molecule has 5 aliphatic heterocycles. The molecule has 6 aliphatic rings. The molecule has 5 heteroatoms. The van der Waals surface area contributed by atoms with Crippen molar-refractivity contribution in [2.45, 2.75) is 37.5 Å². The van der Waals surface area contributed by atoms with Crippen LogP contribution in [0, 0.1) is 12.3 Å². The van der Waals surface area contributed by atoms with Crippen LogP contribution in [0.1, 0.15) is 22.3 Å². The summed E-state index contributed by atoms with van der Waals surface area (Å²) in [6.07, 6.45) is 5.79. The first kappa shape index (κ1) is 27.2. The second-order valence-corrected chi connectivity index (χ2v) is 14.3. The fraction of sp³-hybridized carbons (Fsp3) is 0.159. The normalized spacial score (nSPS) is 24.8. The summed E-state index contributed by atoms with van der Waals surface area (Å²) in [5, 5.41) is 0. The van der Waals surface area contributed by atoms with E-state index in [0.717, 1.165) is 24.3 Å². The minimum Gasteiger partial charge on any atom is -0.317 e. The number of allylic oxidation sites excluding steroid dienone is 1. The van der Waals surface area contributed by atoms with Crippen LogP contribution in [0.4, 0.5) is 45.6 Å². The van der Waals surface area contributed by atoms with Gasteiger partial charge in [-0.15, -0.1) is 6.58 Å². The third-order valence-corrected chi connectivity index (χ3v) is 12.1. The number of aromatic nitrogens is 1. The first-order chi connectivity index (χ1) is 24.1. The van der Waals surface area contributed by atoms with E-state index in [4.69, 9.17) is 11.6 Å². The largest absolute Gasteiger partial charge is 0.317 e. The highest BCUT2D eigenvalue weighted by Gasteiger charge is 2.72. The van der Waals surface area contributed by atoms with Gasteiger partial charge in [-0.1, -0.05) is 78.9 Å². The summed E-state index contributed by atoms with van der Waals surface area (Å²) in [7, 11) is 0. The molecule has 0 radical (unpaired) electrons. The topological polar surface area (TPSA) is 25.9 Å². The van der Waals surface area contributed by atoms with Crippen molar-refractivity contribution in [3.8, 4) is 0 Å². The minimum absolute atomic E-state index is 0.0957. The van der Waals surface area contributed by atoms with Gasteiger partial charge in [0.2, 0.25) is 0 Å². The summed E-state index contributed by atoms with van der Waals surface area (Å²) in [5.74, 6) is 1.01. The third-order valence-electron chi connectivity index (χ3n) is 12.1. The molecule has 1 aromatic heterocycles. The fourth-order valence-corrected chi connectivity index (χ4v) is 10.3. The number of hydrogen-bond acceptors (Lipinski definition) is 5. The van der Waals surface area contributed by atoms with Crippen LogP contribution in [0.15, 0.2) is 152 Å². The Morgan fingerprint density at radius 3 is 2.00 bits per heavy atom. The summed E-state index contributed by atoms with van der Waals surface area (Å²) < 4.78 is 0. The van der Waals surface area contributed by atoms with Crippen molar-refractivity contribution in [1.29, 1.82) is 0 Å². The molecule has 236 valence electrons. The summed E-state index contributed by atoms with van der Waals surface area (Å²) in [4.78, 5) is 15.7. The van der Waals surface area contributed by atoms with Crippen molar-refractivity contribution in [2.75, 3.05) is 19.6 Å². The second kappa shape index (κ2) is 9.42. The van der Waals surface area contributed by atoms with Crippen LogP contribution in [-0.4, -0.2) is 17.3 Å². The lowest BCUT2D eigenvalue weighted by atomic mass is 9.51. The Morgan fingerprint density at radius 2 is 1.22 bits per heavy atom. The number of aryl methyl sites for hydroxylation is 1. The lowest BCUT2D eigenvalue weighted by Gasteiger charge is -2.64. The van der Waals surface area contributed by atoms with E-state index in [2.05, 4.69) is 166 Å². The van der Waals surface area contributed by atoms with Gasteiger partial charge in [0.25, 0.3) is 0 Å². The third kappa shape index (κ3) is 3.19. The molecule has 0 N–H and O–H groups in total. The number of fused-ring (bicyclic) bond motifs is 7. The van der Waals surface area contributed by atoms with Crippen LogP contribution in [0.3, 0.4) is 0 Å². The zero-order valence-corrected chi connectivity index (χ0v) is 27.4. The molecule has 5 aromatic carbocycles. The maximum atomic E-state index is 5.17. The number of pyridine rings is 1. The lowest BCUT2D eigenvalue weighted by molar-refractivity contribution is 0.0786. The predicted octanol–water partition coefficient (Wildman–Crippen LogP) is 9.86. The number of rotatable bonds is 4. The zero-order chi connectivity index (χ0) is 32.5. The number of anilines is 8. The maximum Gasteiger partial charge on any atom is 0.158 e. The van der Waals surface area contributed by atoms with Crippen molar-refractivity contribution in [2.24, 2.45) is 5.41 Å².